The number of rotatable bonds is 9. The van der Waals surface area contributed by atoms with Crippen LogP contribution in [0.15, 0.2) is 75.0 Å². The van der Waals surface area contributed by atoms with E-state index in [0.717, 1.165) is 11.1 Å². The molecule has 0 radical (unpaired) electrons. The normalized spacial score (nSPS) is 15.4. The Morgan fingerprint density at radius 1 is 1.13 bits per heavy atom. The summed E-state index contributed by atoms with van der Waals surface area (Å²) in [5, 5.41) is 10.3. The number of carbonyl (C=O) groups excluding carboxylic acids is 1. The van der Waals surface area contributed by atoms with Crippen LogP contribution < -0.4 is 9.47 Å². The lowest BCUT2D eigenvalue weighted by Crippen LogP contribution is -2.28. The van der Waals surface area contributed by atoms with E-state index in [1.807, 2.05) is 50.2 Å². The summed E-state index contributed by atoms with van der Waals surface area (Å²) in [5.74, 6) is -0.0861. The Hall–Kier alpha value is -3.27. The zero-order chi connectivity index (χ0) is 27.2. The van der Waals surface area contributed by atoms with Crippen molar-refractivity contribution in [1.82, 2.24) is 4.90 Å². The quantitative estimate of drug-likeness (QED) is 0.252. The molecule has 0 unspecified atom stereocenters. The Morgan fingerprint density at radius 3 is 2.53 bits per heavy atom. The van der Waals surface area contributed by atoms with Crippen molar-refractivity contribution in [3.05, 3.63) is 91.8 Å². The Morgan fingerprint density at radius 2 is 1.87 bits per heavy atom. The average Bonchev–Trinajstić information content (AvgIpc) is 3.18. The molecule has 38 heavy (non-hydrogen) atoms. The van der Waals surface area contributed by atoms with Crippen LogP contribution in [0.5, 0.6) is 11.5 Å². The molecule has 3 aromatic carbocycles. The molecule has 1 aliphatic heterocycles. The van der Waals surface area contributed by atoms with Gasteiger partial charge in [-0.3, -0.25) is 9.69 Å². The fraction of sp³-hybridized carbons (Fsp3) is 0.179. The lowest BCUT2D eigenvalue weighted by molar-refractivity contribution is -0.122. The second-order valence-corrected chi connectivity index (χ2v) is 10.3. The second kappa shape index (κ2) is 12.5. The van der Waals surface area contributed by atoms with Crippen molar-refractivity contribution < 1.29 is 24.2 Å². The number of aliphatic imine (C=N–C) groups is 1. The second-order valence-electron chi connectivity index (χ2n) is 8.05. The highest BCUT2D eigenvalue weighted by atomic mass is 79.9. The summed E-state index contributed by atoms with van der Waals surface area (Å²) >= 11 is 11.1. The number of hydrogen-bond donors (Lipinski definition) is 1. The summed E-state index contributed by atoms with van der Waals surface area (Å²) < 4.78 is 12.6. The van der Waals surface area contributed by atoms with E-state index in [2.05, 4.69) is 20.9 Å². The van der Waals surface area contributed by atoms with E-state index >= 15 is 0 Å². The van der Waals surface area contributed by atoms with E-state index in [9.17, 15) is 9.59 Å². The lowest BCUT2D eigenvalue weighted by Gasteiger charge is -2.15. The number of amides is 1. The smallest absolute Gasteiger partial charge is 0.335 e. The van der Waals surface area contributed by atoms with Crippen molar-refractivity contribution >= 4 is 68.1 Å². The van der Waals surface area contributed by atoms with Gasteiger partial charge < -0.3 is 14.6 Å². The summed E-state index contributed by atoms with van der Waals surface area (Å²) in [6.07, 6.45) is 1.79. The van der Waals surface area contributed by atoms with E-state index < -0.39 is 5.97 Å². The molecular formula is C28H24BrClN2O5S. The van der Waals surface area contributed by atoms with Crippen LogP contribution in [0.3, 0.4) is 0 Å². The average molecular weight is 616 g/mol. The molecule has 0 saturated carbocycles. The molecule has 0 atom stereocenters. The number of nitrogens with zero attached hydrogens (tertiary/aromatic N) is 2. The van der Waals surface area contributed by atoms with Gasteiger partial charge in [-0.05, 0) is 95.6 Å². The van der Waals surface area contributed by atoms with Gasteiger partial charge in [-0.15, -0.1) is 0 Å². The monoisotopic (exact) mass is 614 g/mol. The number of hydrogen-bond acceptors (Lipinski definition) is 6. The molecule has 1 aliphatic rings. The highest BCUT2D eigenvalue weighted by molar-refractivity contribution is 9.10. The zero-order valence-electron chi connectivity index (χ0n) is 20.6. The van der Waals surface area contributed by atoms with Crippen molar-refractivity contribution in [2.45, 2.75) is 20.5 Å². The first-order valence-electron chi connectivity index (χ1n) is 11.8. The number of carboxylic acids is 1. The third kappa shape index (κ3) is 6.40. The zero-order valence-corrected chi connectivity index (χ0v) is 23.8. The first-order valence-corrected chi connectivity index (χ1v) is 13.8. The third-order valence-electron chi connectivity index (χ3n) is 5.50. The minimum absolute atomic E-state index is 0.161. The minimum atomic E-state index is -1.01. The lowest BCUT2D eigenvalue weighted by atomic mass is 10.1. The van der Waals surface area contributed by atoms with Crippen LogP contribution in [0.1, 0.15) is 35.3 Å². The molecule has 1 amide bonds. The topological polar surface area (TPSA) is 88.4 Å². The van der Waals surface area contributed by atoms with Gasteiger partial charge in [-0.1, -0.05) is 29.8 Å². The summed E-state index contributed by atoms with van der Waals surface area (Å²) in [7, 11) is 0. The molecular weight excluding hydrogens is 592 g/mol. The summed E-state index contributed by atoms with van der Waals surface area (Å²) in [6, 6.07) is 17.4. The molecule has 1 N–H and O–H groups in total. The van der Waals surface area contributed by atoms with Crippen LogP contribution in [-0.4, -0.2) is 40.2 Å². The maximum atomic E-state index is 13.1. The predicted octanol–water partition coefficient (Wildman–Crippen LogP) is 7.40. The fourth-order valence-electron chi connectivity index (χ4n) is 3.65. The Labute approximate surface area is 238 Å². The van der Waals surface area contributed by atoms with Gasteiger partial charge in [0.15, 0.2) is 16.7 Å². The molecule has 0 spiro atoms. The van der Waals surface area contributed by atoms with E-state index in [4.69, 9.17) is 26.2 Å². The molecule has 4 rings (SSSR count). The molecule has 10 heteroatoms. The van der Waals surface area contributed by atoms with Crippen molar-refractivity contribution in [2.75, 3.05) is 13.2 Å². The third-order valence-corrected chi connectivity index (χ3v) is 7.47. The van der Waals surface area contributed by atoms with Crippen molar-refractivity contribution in [3.63, 3.8) is 0 Å². The summed E-state index contributed by atoms with van der Waals surface area (Å²) in [5.41, 5.74) is 2.34. The van der Waals surface area contributed by atoms with Gasteiger partial charge in [0.25, 0.3) is 5.91 Å². The molecule has 1 fully saturated rings. The molecule has 1 heterocycles. The number of carbonyl (C=O) groups is 2. The Bertz CT molecular complexity index is 1430. The number of likely N-dealkylation sites (N-methyl/N-ethyl adjacent to an activating group) is 1. The van der Waals surface area contributed by atoms with E-state index in [0.29, 0.717) is 49.9 Å². The van der Waals surface area contributed by atoms with Gasteiger partial charge in [0.2, 0.25) is 0 Å². The minimum Gasteiger partial charge on any atom is -0.490 e. The molecule has 196 valence electrons. The molecule has 1 saturated heterocycles. The molecule has 3 aromatic rings. The van der Waals surface area contributed by atoms with E-state index in [1.165, 1.54) is 23.9 Å². The molecule has 0 aliphatic carbocycles. The Kier molecular flexibility index (Phi) is 9.14. The summed E-state index contributed by atoms with van der Waals surface area (Å²) in [6.45, 7) is 4.91. The number of ether oxygens (including phenoxy) is 2. The number of aromatic carboxylic acids is 1. The number of carboxylic acid groups (broad SMARTS) is 1. The maximum Gasteiger partial charge on any atom is 0.335 e. The molecule has 0 bridgehead atoms. The first kappa shape index (κ1) is 27.8. The van der Waals surface area contributed by atoms with E-state index in [-0.39, 0.29) is 18.1 Å². The van der Waals surface area contributed by atoms with Crippen molar-refractivity contribution in [2.24, 2.45) is 4.99 Å². The van der Waals surface area contributed by atoms with E-state index in [1.54, 1.807) is 23.1 Å². The van der Waals surface area contributed by atoms with Crippen LogP contribution in [0.4, 0.5) is 5.69 Å². The number of thioether (sulfide) groups is 1. The van der Waals surface area contributed by atoms with Crippen molar-refractivity contribution in [1.29, 1.82) is 0 Å². The summed E-state index contributed by atoms with van der Waals surface area (Å²) in [4.78, 5) is 30.9. The van der Waals surface area contributed by atoms with Crippen LogP contribution in [0.2, 0.25) is 5.02 Å². The predicted molar refractivity (Wildman–Crippen MR) is 155 cm³/mol. The fourth-order valence-corrected chi connectivity index (χ4v) is 5.48. The Balaban J connectivity index is 1.60. The first-order chi connectivity index (χ1) is 18.3. The standard InChI is InChI=1S/C28H24BrClN2O5S/c1-3-32-26(33)24(38-28(32)31-20-11-9-18(10-12-20)27(34)35)15-17-13-21(29)25(23(14-17)36-4-2)37-16-19-7-5-6-8-22(19)30/h5-15H,3-4,16H2,1-2H3,(H,34,35). The van der Waals surface area contributed by atoms with Crippen LogP contribution in [0, 0.1) is 0 Å². The number of amidine groups is 1. The van der Waals surface area contributed by atoms with Crippen molar-refractivity contribution in [3.8, 4) is 11.5 Å². The van der Waals surface area contributed by atoms with Gasteiger partial charge >= 0.3 is 5.97 Å². The molecule has 0 aromatic heterocycles. The molecule has 7 nitrogen and oxygen atoms in total. The maximum absolute atomic E-state index is 13.1. The highest BCUT2D eigenvalue weighted by Gasteiger charge is 2.32. The SMILES string of the molecule is CCOc1cc(C=C2SC(=Nc3ccc(C(=O)O)cc3)N(CC)C2=O)cc(Br)c1OCc1ccccc1Cl. The largest absolute Gasteiger partial charge is 0.490 e. The van der Waals surface area contributed by atoms with Gasteiger partial charge in [-0.25, -0.2) is 9.79 Å². The van der Waals surface area contributed by atoms with Crippen LogP contribution >= 0.6 is 39.3 Å². The van der Waals surface area contributed by atoms with Gasteiger partial charge in [-0.2, -0.15) is 0 Å². The number of benzene rings is 3. The van der Waals surface area contributed by atoms with Gasteiger partial charge in [0.05, 0.1) is 27.2 Å². The van der Waals surface area contributed by atoms with Crippen LogP contribution in [0.25, 0.3) is 6.08 Å². The van der Waals surface area contributed by atoms with Crippen LogP contribution in [-0.2, 0) is 11.4 Å². The van der Waals surface area contributed by atoms with Gasteiger partial charge in [0.1, 0.15) is 6.61 Å². The van der Waals surface area contributed by atoms with Gasteiger partial charge in [0, 0.05) is 17.1 Å². The number of halogens is 2. The highest BCUT2D eigenvalue weighted by Crippen LogP contribution is 2.40.